The Morgan fingerprint density at radius 1 is 1.18 bits per heavy atom. The molecule has 2 N–H and O–H groups in total. The SMILES string of the molecule is C=C/C=C\C=C(/C)c1nc2c(N)cc(C(C)=O)cn2n1.CCCCC(CC)C(=O)N(CC)CC. The molecule has 2 aromatic heterocycles. The molecular weight excluding hydrogens is 426 g/mol. The molecule has 0 saturated carbocycles. The van der Waals surface area contributed by atoms with Gasteiger partial charge in [0, 0.05) is 30.8 Å². The molecule has 7 heteroatoms. The molecule has 0 radical (unpaired) electrons. The van der Waals surface area contributed by atoms with E-state index >= 15 is 0 Å². The second kappa shape index (κ2) is 14.8. The van der Waals surface area contributed by atoms with Gasteiger partial charge in [0.25, 0.3) is 0 Å². The monoisotopic (exact) mass is 467 g/mol. The summed E-state index contributed by atoms with van der Waals surface area (Å²) in [4.78, 5) is 29.7. The number of amides is 1. The van der Waals surface area contributed by atoms with E-state index in [4.69, 9.17) is 5.73 Å². The van der Waals surface area contributed by atoms with Crippen LogP contribution in [0.4, 0.5) is 5.69 Å². The number of unbranched alkanes of at least 4 members (excludes halogenated alkanes) is 1. The minimum Gasteiger partial charge on any atom is -0.396 e. The number of fused-ring (bicyclic) bond motifs is 1. The summed E-state index contributed by atoms with van der Waals surface area (Å²) in [6.45, 7) is 17.1. The van der Waals surface area contributed by atoms with Crippen LogP contribution in [0.25, 0.3) is 11.2 Å². The lowest BCUT2D eigenvalue weighted by atomic mass is 9.98. The Balaban J connectivity index is 0.000000365. The first-order valence-corrected chi connectivity index (χ1v) is 12.2. The first kappa shape index (κ1) is 28.8. The van der Waals surface area contributed by atoms with E-state index in [1.54, 1.807) is 18.3 Å². The molecule has 0 fully saturated rings. The summed E-state index contributed by atoms with van der Waals surface area (Å²) in [6.07, 6.45) is 13.3. The van der Waals surface area contributed by atoms with Gasteiger partial charge in [-0.05, 0) is 52.2 Å². The number of anilines is 1. The van der Waals surface area contributed by atoms with Gasteiger partial charge >= 0.3 is 0 Å². The third kappa shape index (κ3) is 8.28. The van der Waals surface area contributed by atoms with Crippen LogP contribution in [0.1, 0.15) is 83.4 Å². The molecule has 0 spiro atoms. The van der Waals surface area contributed by atoms with Crippen LogP contribution in [-0.2, 0) is 4.79 Å². The normalized spacial score (nSPS) is 12.4. The van der Waals surface area contributed by atoms with Gasteiger partial charge in [-0.25, -0.2) is 9.50 Å². The molecule has 1 atom stereocenters. The van der Waals surface area contributed by atoms with Crippen LogP contribution in [0, 0.1) is 5.92 Å². The maximum atomic E-state index is 12.0. The summed E-state index contributed by atoms with van der Waals surface area (Å²) in [5.74, 6) is 1.13. The second-order valence-electron chi connectivity index (χ2n) is 8.17. The highest BCUT2D eigenvalue weighted by atomic mass is 16.2. The number of pyridine rings is 1. The molecule has 0 aromatic carbocycles. The number of rotatable bonds is 11. The van der Waals surface area contributed by atoms with Crippen LogP contribution in [-0.4, -0.2) is 44.3 Å². The smallest absolute Gasteiger partial charge is 0.225 e. The van der Waals surface area contributed by atoms with E-state index in [2.05, 4.69) is 30.5 Å². The predicted octanol–water partition coefficient (Wildman–Crippen LogP) is 5.73. The average molecular weight is 468 g/mol. The fourth-order valence-corrected chi connectivity index (χ4v) is 3.47. The molecule has 0 bridgehead atoms. The molecule has 7 nitrogen and oxygen atoms in total. The number of allylic oxidation sites excluding steroid dienone is 5. The molecule has 2 heterocycles. The van der Waals surface area contributed by atoms with E-state index in [0.29, 0.717) is 28.6 Å². The van der Waals surface area contributed by atoms with Crippen molar-refractivity contribution in [1.82, 2.24) is 19.5 Å². The van der Waals surface area contributed by atoms with Gasteiger partial charge in [-0.1, -0.05) is 57.6 Å². The fourth-order valence-electron chi connectivity index (χ4n) is 3.47. The number of ketones is 1. The van der Waals surface area contributed by atoms with Crippen molar-refractivity contribution in [2.24, 2.45) is 5.92 Å². The van der Waals surface area contributed by atoms with Crippen molar-refractivity contribution in [3.63, 3.8) is 0 Å². The van der Waals surface area contributed by atoms with E-state index in [0.717, 1.165) is 31.5 Å². The van der Waals surface area contributed by atoms with Gasteiger partial charge in [0.05, 0.1) is 5.69 Å². The summed E-state index contributed by atoms with van der Waals surface area (Å²) < 4.78 is 1.54. The number of nitrogens with two attached hydrogens (primary N) is 1. The van der Waals surface area contributed by atoms with Gasteiger partial charge < -0.3 is 10.6 Å². The number of carbonyl (C=O) groups is 2. The Kier molecular flexibility index (Phi) is 12.6. The Bertz CT molecular complexity index is 1020. The van der Waals surface area contributed by atoms with E-state index in [1.807, 2.05) is 43.9 Å². The molecule has 0 aliphatic carbocycles. The first-order valence-electron chi connectivity index (χ1n) is 12.2. The van der Waals surface area contributed by atoms with E-state index < -0.39 is 0 Å². The van der Waals surface area contributed by atoms with E-state index in [1.165, 1.54) is 24.3 Å². The quantitative estimate of drug-likeness (QED) is 0.336. The van der Waals surface area contributed by atoms with Crippen LogP contribution < -0.4 is 5.73 Å². The highest BCUT2D eigenvalue weighted by molar-refractivity contribution is 5.95. The summed E-state index contributed by atoms with van der Waals surface area (Å²) in [7, 11) is 0. The standard InChI is InChI=1S/C15H16N4O.C12H25NO/c1-4-5-6-7-10(2)14-17-15-13(16)8-12(11(3)20)9-19(15)18-14;1-5-9-10-11(6-2)12(14)13(7-3)8-4/h4-9H,1,16H2,2-3H3;11H,5-10H2,1-4H3/b6-5-,10-7+;. The molecule has 0 aliphatic heterocycles. The molecule has 2 aromatic rings. The van der Waals surface area contributed by atoms with Gasteiger partial charge in [0.15, 0.2) is 17.3 Å². The van der Waals surface area contributed by atoms with Gasteiger partial charge in [-0.2, -0.15) is 0 Å². The average Bonchev–Trinajstić information content (AvgIpc) is 3.26. The van der Waals surface area contributed by atoms with Crippen LogP contribution >= 0.6 is 0 Å². The van der Waals surface area contributed by atoms with Crippen LogP contribution in [0.5, 0.6) is 0 Å². The number of nitrogen functional groups attached to an aromatic ring is 1. The van der Waals surface area contributed by atoms with Crippen molar-refractivity contribution < 1.29 is 9.59 Å². The van der Waals surface area contributed by atoms with Crippen LogP contribution in [0.15, 0.2) is 43.1 Å². The highest BCUT2D eigenvalue weighted by Gasteiger charge is 2.19. The molecule has 1 unspecified atom stereocenters. The number of hydrogen-bond acceptors (Lipinski definition) is 5. The Hall–Kier alpha value is -3.22. The number of nitrogens with zero attached hydrogens (tertiary/aromatic N) is 4. The Morgan fingerprint density at radius 3 is 2.38 bits per heavy atom. The largest absolute Gasteiger partial charge is 0.396 e. The fraction of sp³-hybridized carbons (Fsp3) is 0.481. The number of aromatic nitrogens is 3. The maximum absolute atomic E-state index is 12.0. The lowest BCUT2D eigenvalue weighted by molar-refractivity contribution is -0.135. The van der Waals surface area contributed by atoms with Crippen LogP contribution in [0.3, 0.4) is 0 Å². The van der Waals surface area contributed by atoms with Crippen LogP contribution in [0.2, 0.25) is 0 Å². The molecule has 0 aliphatic rings. The second-order valence-corrected chi connectivity index (χ2v) is 8.17. The Morgan fingerprint density at radius 2 is 1.85 bits per heavy atom. The third-order valence-corrected chi connectivity index (χ3v) is 5.64. The van der Waals surface area contributed by atoms with Crippen molar-refractivity contribution >= 4 is 28.6 Å². The maximum Gasteiger partial charge on any atom is 0.225 e. The summed E-state index contributed by atoms with van der Waals surface area (Å²) >= 11 is 0. The zero-order chi connectivity index (χ0) is 25.7. The zero-order valence-electron chi connectivity index (χ0n) is 21.7. The molecular formula is C27H41N5O2. The lowest BCUT2D eigenvalue weighted by Crippen LogP contribution is -2.35. The topological polar surface area (TPSA) is 93.6 Å². The van der Waals surface area contributed by atoms with Gasteiger partial charge in [0.2, 0.25) is 5.91 Å². The van der Waals surface area contributed by atoms with Gasteiger partial charge in [-0.15, -0.1) is 5.10 Å². The first-order chi connectivity index (χ1) is 16.2. The number of Topliss-reactive ketones (excluding diaryl/α,β-unsaturated/α-hetero) is 1. The number of carbonyl (C=O) groups excluding carboxylic acids is 2. The number of hydrogen-bond donors (Lipinski definition) is 1. The van der Waals surface area contributed by atoms with Crippen molar-refractivity contribution in [2.75, 3.05) is 18.8 Å². The van der Waals surface area contributed by atoms with E-state index in [9.17, 15) is 9.59 Å². The minimum absolute atomic E-state index is 0.0585. The highest BCUT2D eigenvalue weighted by Crippen LogP contribution is 2.18. The molecule has 0 saturated heterocycles. The van der Waals surface area contributed by atoms with E-state index in [-0.39, 0.29) is 11.7 Å². The van der Waals surface area contributed by atoms with Gasteiger partial charge in [0.1, 0.15) is 0 Å². The zero-order valence-corrected chi connectivity index (χ0v) is 21.7. The summed E-state index contributed by atoms with van der Waals surface area (Å²) in [5, 5.41) is 4.34. The Labute approximate surface area is 204 Å². The lowest BCUT2D eigenvalue weighted by Gasteiger charge is -2.24. The van der Waals surface area contributed by atoms with Gasteiger partial charge in [-0.3, -0.25) is 9.59 Å². The predicted molar refractivity (Wildman–Crippen MR) is 142 cm³/mol. The summed E-state index contributed by atoms with van der Waals surface area (Å²) in [5.41, 5.74) is 8.30. The molecule has 2 rings (SSSR count). The third-order valence-electron chi connectivity index (χ3n) is 5.64. The minimum atomic E-state index is -0.0585. The van der Waals surface area contributed by atoms with Crippen molar-refractivity contribution in [3.05, 3.63) is 54.5 Å². The van der Waals surface area contributed by atoms with Crippen molar-refractivity contribution in [3.8, 4) is 0 Å². The molecule has 186 valence electrons. The molecule has 34 heavy (non-hydrogen) atoms. The molecule has 1 amide bonds. The summed E-state index contributed by atoms with van der Waals surface area (Å²) in [6, 6.07) is 1.62. The van der Waals surface area contributed by atoms with Crippen molar-refractivity contribution in [2.45, 2.75) is 67.2 Å². The van der Waals surface area contributed by atoms with Crippen molar-refractivity contribution in [1.29, 1.82) is 0 Å².